The first-order valence-corrected chi connectivity index (χ1v) is 7.76. The minimum absolute atomic E-state index is 0.141. The molecule has 0 aromatic heterocycles. The highest BCUT2D eigenvalue weighted by atomic mass is 16.5. The lowest BCUT2D eigenvalue weighted by atomic mass is 9.89. The van der Waals surface area contributed by atoms with E-state index in [-0.39, 0.29) is 18.1 Å². The molecule has 0 heterocycles. The van der Waals surface area contributed by atoms with Gasteiger partial charge in [-0.05, 0) is 51.1 Å². The predicted octanol–water partition coefficient (Wildman–Crippen LogP) is 1.41. The lowest BCUT2D eigenvalue weighted by Gasteiger charge is -2.34. The van der Waals surface area contributed by atoms with Crippen molar-refractivity contribution in [1.29, 1.82) is 0 Å². The van der Waals surface area contributed by atoms with Crippen LogP contribution in [0.3, 0.4) is 0 Å². The number of nitrogens with one attached hydrogen (secondary N) is 1. The van der Waals surface area contributed by atoms with Crippen molar-refractivity contribution >= 4 is 5.91 Å². The second-order valence-corrected chi connectivity index (χ2v) is 6.21. The van der Waals surface area contributed by atoms with E-state index in [4.69, 9.17) is 4.74 Å². The third-order valence-corrected chi connectivity index (χ3v) is 4.13. The topological polar surface area (TPSA) is 61.8 Å². The van der Waals surface area contributed by atoms with E-state index in [1.807, 2.05) is 38.4 Å². The van der Waals surface area contributed by atoms with E-state index in [2.05, 4.69) is 10.2 Å². The van der Waals surface area contributed by atoms with Crippen LogP contribution in [0.1, 0.15) is 35.2 Å². The van der Waals surface area contributed by atoms with Gasteiger partial charge in [0.1, 0.15) is 6.10 Å². The average molecular weight is 306 g/mol. The normalized spacial score (nSPS) is 25.2. The standard InChI is InChI=1S/C17H26N2O3/c1-19(2)11-12-7-9-13(10-8-12)17(21)18-14-5-4-6-15(22-3)16(14)20/h7-10,14-16,20H,4-6,11H2,1-3H3,(H,18,21)/t14-,15-,16-/m1/s1. The second kappa shape index (κ2) is 7.72. The summed E-state index contributed by atoms with van der Waals surface area (Å²) in [6.07, 6.45) is 1.73. The van der Waals surface area contributed by atoms with Crippen LogP contribution in [0, 0.1) is 0 Å². The fourth-order valence-corrected chi connectivity index (χ4v) is 2.93. The van der Waals surface area contributed by atoms with Crippen molar-refractivity contribution in [2.24, 2.45) is 0 Å². The highest BCUT2D eigenvalue weighted by Gasteiger charge is 2.32. The molecule has 0 bridgehead atoms. The Morgan fingerprint density at radius 3 is 2.59 bits per heavy atom. The molecule has 3 atom stereocenters. The van der Waals surface area contributed by atoms with E-state index in [1.165, 1.54) is 5.56 Å². The van der Waals surface area contributed by atoms with Crippen LogP contribution in [0.5, 0.6) is 0 Å². The summed E-state index contributed by atoms with van der Waals surface area (Å²) in [4.78, 5) is 14.4. The molecule has 2 rings (SSSR count). The van der Waals surface area contributed by atoms with E-state index in [1.54, 1.807) is 7.11 Å². The molecule has 1 fully saturated rings. The number of rotatable bonds is 5. The molecule has 22 heavy (non-hydrogen) atoms. The summed E-state index contributed by atoms with van der Waals surface area (Å²) in [6.45, 7) is 0.846. The van der Waals surface area contributed by atoms with Gasteiger partial charge in [0.15, 0.2) is 0 Å². The van der Waals surface area contributed by atoms with Gasteiger partial charge in [0.25, 0.3) is 5.91 Å². The first-order valence-electron chi connectivity index (χ1n) is 7.76. The van der Waals surface area contributed by atoms with Gasteiger partial charge in [0, 0.05) is 19.2 Å². The number of benzene rings is 1. The lowest BCUT2D eigenvalue weighted by molar-refractivity contribution is -0.0513. The lowest BCUT2D eigenvalue weighted by Crippen LogP contribution is -2.51. The number of ether oxygens (including phenoxy) is 1. The molecule has 122 valence electrons. The largest absolute Gasteiger partial charge is 0.388 e. The molecule has 1 amide bonds. The Morgan fingerprint density at radius 1 is 1.32 bits per heavy atom. The summed E-state index contributed by atoms with van der Waals surface area (Å²) < 4.78 is 5.27. The zero-order valence-corrected chi connectivity index (χ0v) is 13.6. The fraction of sp³-hybridized carbons (Fsp3) is 0.588. The summed E-state index contributed by atoms with van der Waals surface area (Å²) in [5.41, 5.74) is 1.79. The Bertz CT molecular complexity index is 487. The van der Waals surface area contributed by atoms with E-state index < -0.39 is 6.10 Å². The number of methoxy groups -OCH3 is 1. The molecule has 1 aliphatic rings. The average Bonchev–Trinajstić information content (AvgIpc) is 2.49. The first kappa shape index (κ1) is 16.9. The summed E-state index contributed by atoms with van der Waals surface area (Å²) >= 11 is 0. The van der Waals surface area contributed by atoms with Crippen LogP contribution >= 0.6 is 0 Å². The quantitative estimate of drug-likeness (QED) is 0.863. The number of carbonyl (C=O) groups excluding carboxylic acids is 1. The summed E-state index contributed by atoms with van der Waals surface area (Å²) in [5.74, 6) is -0.141. The van der Waals surface area contributed by atoms with Gasteiger partial charge >= 0.3 is 0 Å². The smallest absolute Gasteiger partial charge is 0.251 e. The van der Waals surface area contributed by atoms with Crippen molar-refractivity contribution in [3.63, 3.8) is 0 Å². The number of nitrogens with zero attached hydrogens (tertiary/aromatic N) is 1. The summed E-state index contributed by atoms with van der Waals surface area (Å²) in [7, 11) is 5.62. The monoisotopic (exact) mass is 306 g/mol. The second-order valence-electron chi connectivity index (χ2n) is 6.21. The zero-order chi connectivity index (χ0) is 16.1. The van der Waals surface area contributed by atoms with Gasteiger partial charge in [-0.3, -0.25) is 4.79 Å². The van der Waals surface area contributed by atoms with Gasteiger partial charge in [-0.1, -0.05) is 12.1 Å². The van der Waals surface area contributed by atoms with Crippen LogP contribution in [0.4, 0.5) is 0 Å². The maximum Gasteiger partial charge on any atom is 0.251 e. The van der Waals surface area contributed by atoms with Crippen molar-refractivity contribution in [3.8, 4) is 0 Å². The molecule has 0 unspecified atom stereocenters. The van der Waals surface area contributed by atoms with Gasteiger partial charge < -0.3 is 20.1 Å². The van der Waals surface area contributed by atoms with Crippen molar-refractivity contribution in [1.82, 2.24) is 10.2 Å². The maximum absolute atomic E-state index is 12.3. The van der Waals surface area contributed by atoms with Gasteiger partial charge in [-0.15, -0.1) is 0 Å². The van der Waals surface area contributed by atoms with Crippen LogP contribution < -0.4 is 5.32 Å². The molecular weight excluding hydrogens is 280 g/mol. The first-order chi connectivity index (χ1) is 10.5. The summed E-state index contributed by atoms with van der Waals surface area (Å²) in [5, 5.41) is 13.2. The van der Waals surface area contributed by atoms with E-state index in [0.29, 0.717) is 5.56 Å². The molecule has 1 aliphatic carbocycles. The Kier molecular flexibility index (Phi) is 5.94. The Balaban J connectivity index is 1.96. The minimum atomic E-state index is -0.643. The van der Waals surface area contributed by atoms with Crippen LogP contribution in [0.15, 0.2) is 24.3 Å². The summed E-state index contributed by atoms with van der Waals surface area (Å²) in [6, 6.07) is 7.34. The molecule has 5 nitrogen and oxygen atoms in total. The van der Waals surface area contributed by atoms with Crippen molar-refractivity contribution < 1.29 is 14.6 Å². The molecule has 1 aromatic carbocycles. The van der Waals surface area contributed by atoms with Gasteiger partial charge in [0.2, 0.25) is 0 Å². The molecule has 1 saturated carbocycles. The molecule has 0 radical (unpaired) electrons. The number of hydrogen-bond acceptors (Lipinski definition) is 4. The Morgan fingerprint density at radius 2 is 2.00 bits per heavy atom. The molecule has 1 aromatic rings. The van der Waals surface area contributed by atoms with Crippen molar-refractivity contribution in [3.05, 3.63) is 35.4 Å². The molecule has 0 saturated heterocycles. The van der Waals surface area contributed by atoms with Crippen LogP contribution in [-0.4, -0.2) is 55.4 Å². The Hall–Kier alpha value is -1.43. The van der Waals surface area contributed by atoms with Crippen LogP contribution in [0.2, 0.25) is 0 Å². The number of amides is 1. The number of carbonyl (C=O) groups is 1. The van der Waals surface area contributed by atoms with E-state index in [9.17, 15) is 9.90 Å². The predicted molar refractivity (Wildman–Crippen MR) is 85.7 cm³/mol. The number of hydrogen-bond donors (Lipinski definition) is 2. The highest BCUT2D eigenvalue weighted by Crippen LogP contribution is 2.21. The molecule has 5 heteroatoms. The SMILES string of the molecule is CO[C@@H]1CCC[C@@H](NC(=O)c2ccc(CN(C)C)cc2)[C@H]1O. The minimum Gasteiger partial charge on any atom is -0.388 e. The third kappa shape index (κ3) is 4.29. The molecule has 0 spiro atoms. The van der Waals surface area contributed by atoms with Gasteiger partial charge in [-0.25, -0.2) is 0 Å². The van der Waals surface area contributed by atoms with Gasteiger partial charge in [-0.2, -0.15) is 0 Å². The van der Waals surface area contributed by atoms with Gasteiger partial charge in [0.05, 0.1) is 12.1 Å². The fourth-order valence-electron chi connectivity index (χ4n) is 2.93. The van der Waals surface area contributed by atoms with E-state index >= 15 is 0 Å². The molecule has 2 N–H and O–H groups in total. The van der Waals surface area contributed by atoms with Crippen LogP contribution in [0.25, 0.3) is 0 Å². The highest BCUT2D eigenvalue weighted by molar-refractivity contribution is 5.94. The zero-order valence-electron chi connectivity index (χ0n) is 13.6. The maximum atomic E-state index is 12.3. The third-order valence-electron chi connectivity index (χ3n) is 4.13. The molecule has 0 aliphatic heterocycles. The Labute approximate surface area is 132 Å². The van der Waals surface area contributed by atoms with Crippen LogP contribution in [-0.2, 0) is 11.3 Å². The number of aliphatic hydroxyl groups excluding tert-OH is 1. The van der Waals surface area contributed by atoms with E-state index in [0.717, 1.165) is 25.8 Å². The number of aliphatic hydroxyl groups is 1. The van der Waals surface area contributed by atoms with Crippen molar-refractivity contribution in [2.75, 3.05) is 21.2 Å². The molecular formula is C17H26N2O3. The van der Waals surface area contributed by atoms with Crippen molar-refractivity contribution in [2.45, 2.75) is 44.1 Å².